The summed E-state index contributed by atoms with van der Waals surface area (Å²) < 4.78 is 43.7. The minimum atomic E-state index is -0.655. The first-order valence-electron chi connectivity index (χ1n) is 19.4. The zero-order valence-electron chi connectivity index (χ0n) is 31.7. The first-order valence-corrected chi connectivity index (χ1v) is 19.4. The Morgan fingerprint density at radius 2 is 0.782 bits per heavy atom. The van der Waals surface area contributed by atoms with Crippen LogP contribution in [0.3, 0.4) is 0 Å². The lowest BCUT2D eigenvalue weighted by Gasteiger charge is -2.30. The van der Waals surface area contributed by atoms with E-state index in [9.17, 15) is 0 Å². The van der Waals surface area contributed by atoms with Crippen molar-refractivity contribution >= 4 is 64.6 Å². The van der Waals surface area contributed by atoms with E-state index in [1.807, 2.05) is 13.8 Å². The highest BCUT2D eigenvalue weighted by Crippen LogP contribution is 2.38. The van der Waals surface area contributed by atoms with Crippen LogP contribution in [0, 0.1) is 0 Å². The summed E-state index contributed by atoms with van der Waals surface area (Å²) in [5, 5.41) is 15.2. The van der Waals surface area contributed by atoms with Gasteiger partial charge in [0.15, 0.2) is 0 Å². The van der Waals surface area contributed by atoms with Gasteiger partial charge in [0.2, 0.25) is 0 Å². The van der Waals surface area contributed by atoms with Crippen LogP contribution in [0.2, 0.25) is 0 Å². The third-order valence-electron chi connectivity index (χ3n) is 11.1. The molecule has 0 aromatic heterocycles. The number of benzene rings is 8. The van der Waals surface area contributed by atoms with Crippen LogP contribution >= 0.6 is 0 Å². The van der Waals surface area contributed by atoms with Crippen molar-refractivity contribution in [2.75, 3.05) is 66.1 Å². The first-order chi connectivity index (χ1) is 27.0. The fraction of sp³-hybridized carbons (Fsp3) is 0.333. The van der Waals surface area contributed by atoms with Crippen LogP contribution in [-0.4, -0.2) is 77.3 Å². The Morgan fingerprint density at radius 3 is 1.22 bits per heavy atom. The van der Waals surface area contributed by atoms with E-state index in [4.69, 9.17) is 33.2 Å². The van der Waals surface area contributed by atoms with Crippen molar-refractivity contribution in [2.24, 2.45) is 0 Å². The maximum Gasteiger partial charge on any atom is 0.112 e. The van der Waals surface area contributed by atoms with Crippen molar-refractivity contribution in [3.05, 3.63) is 120 Å². The third kappa shape index (κ3) is 7.46. The zero-order chi connectivity index (χ0) is 37.2. The van der Waals surface area contributed by atoms with Gasteiger partial charge in [-0.1, -0.05) is 109 Å². The van der Waals surface area contributed by atoms with Gasteiger partial charge in [0, 0.05) is 0 Å². The van der Waals surface area contributed by atoms with E-state index < -0.39 is 11.2 Å². The molecule has 2 atom stereocenters. The number of hydrogen-bond acceptors (Lipinski definition) is 7. The molecule has 7 nitrogen and oxygen atoms in total. The Morgan fingerprint density at radius 1 is 0.418 bits per heavy atom. The van der Waals surface area contributed by atoms with Crippen LogP contribution in [0.15, 0.2) is 109 Å². The Kier molecular flexibility index (Phi) is 10.3. The predicted octanol–water partition coefficient (Wildman–Crippen LogP) is 9.83. The highest BCUT2D eigenvalue weighted by molar-refractivity contribution is 6.24. The van der Waals surface area contributed by atoms with Crippen LogP contribution in [0.5, 0.6) is 0 Å². The van der Waals surface area contributed by atoms with Gasteiger partial charge >= 0.3 is 0 Å². The number of ether oxygens (including phenoxy) is 7. The summed E-state index contributed by atoms with van der Waals surface area (Å²) >= 11 is 0. The molecule has 0 amide bonds. The molecule has 1 aliphatic rings. The molecule has 55 heavy (non-hydrogen) atoms. The van der Waals surface area contributed by atoms with Gasteiger partial charge in [-0.25, -0.2) is 0 Å². The second-order valence-corrected chi connectivity index (χ2v) is 15.5. The molecular weight excluding hydrogens is 689 g/mol. The summed E-state index contributed by atoms with van der Waals surface area (Å²) in [6.07, 6.45) is 0. The maximum atomic E-state index is 6.38. The van der Waals surface area contributed by atoms with Crippen molar-refractivity contribution in [2.45, 2.75) is 38.3 Å². The van der Waals surface area contributed by atoms with Gasteiger partial charge < -0.3 is 33.2 Å². The second kappa shape index (κ2) is 15.6. The van der Waals surface area contributed by atoms with Gasteiger partial charge in [-0.05, 0) is 89.6 Å². The van der Waals surface area contributed by atoms with E-state index in [1.54, 1.807) is 0 Å². The van der Waals surface area contributed by atoms with Gasteiger partial charge in [-0.3, -0.25) is 0 Å². The Balaban J connectivity index is 0.801. The number of rotatable bonds is 8. The monoisotopic (exact) mass is 736 g/mol. The fourth-order valence-electron chi connectivity index (χ4n) is 8.34. The standard InChI is InChI=1S/C48H48O7/c1-47(31-52-27-39-15-13-37-11-9-33-5-3-7-35-17-19-41(39)45(37)43(33)35)29-50-21-22-51-30-48(2,55-26-24-49-23-25-54-47)32-53-28-40-16-14-38-12-10-34-6-4-8-36-18-20-42(40)46(38)44(34)36/h3-20H,21-32H2,1-2H3/t47-,48+. The molecule has 0 aliphatic carbocycles. The van der Waals surface area contributed by atoms with Crippen LogP contribution in [0.4, 0.5) is 0 Å². The highest BCUT2D eigenvalue weighted by Gasteiger charge is 2.29. The average molecular weight is 737 g/mol. The SMILES string of the molecule is C[C@@]1(COCc2ccc3ccc4cccc5ccc2c3c45)COCCOC[C@](C)(COCc2ccc3ccc4cccc5ccc2c3c45)OCCOCCO1. The molecule has 9 rings (SSSR count). The van der Waals surface area contributed by atoms with Crippen molar-refractivity contribution in [3.63, 3.8) is 0 Å². The summed E-state index contributed by atoms with van der Waals surface area (Å²) in [4.78, 5) is 0. The highest BCUT2D eigenvalue weighted by atomic mass is 16.6. The molecule has 1 aliphatic heterocycles. The van der Waals surface area contributed by atoms with E-state index in [1.165, 1.54) is 64.6 Å². The summed E-state index contributed by atoms with van der Waals surface area (Å²) in [7, 11) is 0. The fourth-order valence-corrected chi connectivity index (χ4v) is 8.34. The van der Waals surface area contributed by atoms with Crippen molar-refractivity contribution in [1.29, 1.82) is 0 Å². The lowest BCUT2D eigenvalue weighted by molar-refractivity contribution is -0.140. The van der Waals surface area contributed by atoms with E-state index in [-0.39, 0.29) is 0 Å². The molecule has 1 fully saturated rings. The lowest BCUT2D eigenvalue weighted by atomic mass is 9.92. The van der Waals surface area contributed by atoms with E-state index in [0.29, 0.717) is 79.3 Å². The summed E-state index contributed by atoms with van der Waals surface area (Å²) in [6, 6.07) is 39.4. The molecule has 0 saturated carbocycles. The van der Waals surface area contributed by atoms with Gasteiger partial charge in [0.05, 0.1) is 79.3 Å². The van der Waals surface area contributed by atoms with E-state index >= 15 is 0 Å². The topological polar surface area (TPSA) is 64.6 Å². The van der Waals surface area contributed by atoms with Crippen molar-refractivity contribution < 1.29 is 33.2 Å². The predicted molar refractivity (Wildman–Crippen MR) is 221 cm³/mol. The second-order valence-electron chi connectivity index (χ2n) is 15.5. The van der Waals surface area contributed by atoms with E-state index in [2.05, 4.69) is 109 Å². The van der Waals surface area contributed by atoms with Crippen LogP contribution in [-0.2, 0) is 46.4 Å². The summed E-state index contributed by atoms with van der Waals surface area (Å²) in [5.41, 5.74) is 1.01. The Hall–Kier alpha value is -4.44. The van der Waals surface area contributed by atoms with Crippen LogP contribution in [0.25, 0.3) is 64.6 Å². The molecule has 8 aromatic rings. The quantitative estimate of drug-likeness (QED) is 0.144. The van der Waals surface area contributed by atoms with E-state index in [0.717, 1.165) is 11.1 Å². The average Bonchev–Trinajstić information content (AvgIpc) is 3.21. The first kappa shape index (κ1) is 36.2. The minimum absolute atomic E-state index is 0.366. The number of hydrogen-bond donors (Lipinski definition) is 0. The molecule has 7 heteroatoms. The zero-order valence-corrected chi connectivity index (χ0v) is 31.7. The molecular formula is C48H48O7. The van der Waals surface area contributed by atoms with Crippen LogP contribution in [0.1, 0.15) is 25.0 Å². The molecule has 282 valence electrons. The summed E-state index contributed by atoms with van der Waals surface area (Å²) in [6.45, 7) is 9.05. The lowest BCUT2D eigenvalue weighted by Crippen LogP contribution is -2.41. The largest absolute Gasteiger partial charge is 0.377 e. The molecule has 1 heterocycles. The normalized spacial score (nSPS) is 21.3. The van der Waals surface area contributed by atoms with Crippen LogP contribution < -0.4 is 0 Å². The molecule has 0 spiro atoms. The molecule has 0 radical (unpaired) electrons. The molecule has 0 unspecified atom stereocenters. The molecule has 8 aromatic carbocycles. The third-order valence-corrected chi connectivity index (χ3v) is 11.1. The maximum absolute atomic E-state index is 6.38. The van der Waals surface area contributed by atoms with Gasteiger partial charge in [0.25, 0.3) is 0 Å². The van der Waals surface area contributed by atoms with Crippen molar-refractivity contribution in [1.82, 2.24) is 0 Å². The van der Waals surface area contributed by atoms with Gasteiger partial charge in [-0.15, -0.1) is 0 Å². The molecule has 1 saturated heterocycles. The summed E-state index contributed by atoms with van der Waals surface area (Å²) in [5.74, 6) is 0. The Labute approximate surface area is 321 Å². The molecule has 0 bridgehead atoms. The van der Waals surface area contributed by atoms with Gasteiger partial charge in [0.1, 0.15) is 11.2 Å². The molecule has 0 N–H and O–H groups in total. The van der Waals surface area contributed by atoms with Crippen molar-refractivity contribution in [3.8, 4) is 0 Å². The Bertz CT molecular complexity index is 2340. The smallest absolute Gasteiger partial charge is 0.112 e. The minimum Gasteiger partial charge on any atom is -0.377 e. The van der Waals surface area contributed by atoms with Gasteiger partial charge in [-0.2, -0.15) is 0 Å².